The van der Waals surface area contributed by atoms with E-state index in [4.69, 9.17) is 11.5 Å². The van der Waals surface area contributed by atoms with Gasteiger partial charge in [0.1, 0.15) is 0 Å². The Labute approximate surface area is 104 Å². The van der Waals surface area contributed by atoms with Crippen LogP contribution in [0.3, 0.4) is 0 Å². The fourth-order valence-corrected chi connectivity index (χ4v) is 1.67. The molecular weight excluding hydrogens is 241 g/mol. The second kappa shape index (κ2) is 6.44. The smallest absolute Gasteiger partial charge is 0.392 e. The Hall–Kier alpha value is -1.49. The summed E-state index contributed by atoms with van der Waals surface area (Å²) in [4.78, 5) is 0. The van der Waals surface area contributed by atoms with Crippen molar-refractivity contribution in [1.29, 1.82) is 0 Å². The van der Waals surface area contributed by atoms with Crippen molar-refractivity contribution in [1.82, 2.24) is 0 Å². The molecule has 0 saturated carbocycles. The number of halogens is 3. The van der Waals surface area contributed by atoms with E-state index in [2.05, 4.69) is 0 Å². The molecule has 0 fully saturated rings. The summed E-state index contributed by atoms with van der Waals surface area (Å²) in [7, 11) is 0. The number of para-hydroxylation sites is 1. The molecule has 2 nitrogen and oxygen atoms in total. The zero-order valence-electron chi connectivity index (χ0n) is 10.0. The van der Waals surface area contributed by atoms with E-state index in [1.807, 2.05) is 0 Å². The maximum atomic E-state index is 12.3. The lowest BCUT2D eigenvalue weighted by molar-refractivity contribution is -0.124. The van der Waals surface area contributed by atoms with E-state index in [1.54, 1.807) is 24.3 Å². The fourth-order valence-electron chi connectivity index (χ4n) is 1.67. The molecule has 0 heterocycles. The topological polar surface area (TPSA) is 52.0 Å². The highest BCUT2D eigenvalue weighted by atomic mass is 19.4. The summed E-state index contributed by atoms with van der Waals surface area (Å²) < 4.78 is 36.8. The largest absolute Gasteiger partial charge is 0.398 e. The third kappa shape index (κ3) is 4.79. The third-order valence-electron chi connectivity index (χ3n) is 2.54. The Bertz CT molecular complexity index is 411. The normalized spacial score (nSPS) is 12.8. The Kier molecular flexibility index (Phi) is 5.22. The van der Waals surface area contributed by atoms with Crippen molar-refractivity contribution in [2.24, 2.45) is 5.73 Å². The van der Waals surface area contributed by atoms with Gasteiger partial charge in [0.2, 0.25) is 0 Å². The van der Waals surface area contributed by atoms with Gasteiger partial charge >= 0.3 is 6.18 Å². The zero-order chi connectivity index (χ0) is 13.6. The van der Waals surface area contributed by atoms with Gasteiger partial charge in [-0.2, -0.15) is 13.2 Å². The van der Waals surface area contributed by atoms with E-state index in [0.717, 1.165) is 0 Å². The molecule has 0 atom stereocenters. The first-order valence-electron chi connectivity index (χ1n) is 5.75. The number of anilines is 1. The van der Waals surface area contributed by atoms with Crippen LogP contribution < -0.4 is 11.5 Å². The minimum Gasteiger partial charge on any atom is -0.398 e. The molecule has 5 heteroatoms. The first-order valence-corrected chi connectivity index (χ1v) is 5.75. The van der Waals surface area contributed by atoms with Gasteiger partial charge in [-0.05, 0) is 31.0 Å². The molecule has 0 aliphatic heterocycles. The molecule has 0 bridgehead atoms. The molecule has 0 amide bonds. The minimum absolute atomic E-state index is 0.441. The second-order valence-electron chi connectivity index (χ2n) is 4.03. The van der Waals surface area contributed by atoms with Gasteiger partial charge in [-0.25, -0.2) is 0 Å². The lowest BCUT2D eigenvalue weighted by Crippen LogP contribution is -2.06. The van der Waals surface area contributed by atoms with Crippen molar-refractivity contribution in [2.45, 2.75) is 25.4 Å². The van der Waals surface area contributed by atoms with Crippen LogP contribution in [0, 0.1) is 0 Å². The average molecular weight is 258 g/mol. The van der Waals surface area contributed by atoms with Crippen LogP contribution in [-0.2, 0) is 0 Å². The number of hydrogen-bond donors (Lipinski definition) is 2. The van der Waals surface area contributed by atoms with Crippen LogP contribution in [0.25, 0.3) is 5.57 Å². The predicted molar refractivity (Wildman–Crippen MR) is 67.8 cm³/mol. The highest BCUT2D eigenvalue weighted by Crippen LogP contribution is 2.29. The zero-order valence-corrected chi connectivity index (χ0v) is 10.0. The van der Waals surface area contributed by atoms with Crippen LogP contribution in [0.2, 0.25) is 0 Å². The maximum absolute atomic E-state index is 12.3. The summed E-state index contributed by atoms with van der Waals surface area (Å²) in [6.07, 6.45) is -2.81. The third-order valence-corrected chi connectivity index (χ3v) is 2.54. The van der Waals surface area contributed by atoms with Crippen LogP contribution in [0.4, 0.5) is 18.9 Å². The van der Waals surface area contributed by atoms with E-state index in [9.17, 15) is 13.2 Å². The number of benzene rings is 1. The van der Waals surface area contributed by atoms with E-state index in [-0.39, 0.29) is 0 Å². The van der Waals surface area contributed by atoms with Crippen LogP contribution in [0.1, 0.15) is 24.8 Å². The van der Waals surface area contributed by atoms with Crippen molar-refractivity contribution in [3.05, 3.63) is 35.9 Å². The van der Waals surface area contributed by atoms with E-state index in [0.29, 0.717) is 36.2 Å². The van der Waals surface area contributed by atoms with E-state index >= 15 is 0 Å². The van der Waals surface area contributed by atoms with Gasteiger partial charge in [0, 0.05) is 11.3 Å². The number of hydrogen-bond acceptors (Lipinski definition) is 2. The second-order valence-corrected chi connectivity index (χ2v) is 4.03. The van der Waals surface area contributed by atoms with Gasteiger partial charge in [-0.15, -0.1) is 0 Å². The van der Waals surface area contributed by atoms with E-state index in [1.165, 1.54) is 6.08 Å². The van der Waals surface area contributed by atoms with Gasteiger partial charge < -0.3 is 11.5 Å². The quantitative estimate of drug-likeness (QED) is 0.796. The maximum Gasteiger partial charge on any atom is 0.392 e. The first-order chi connectivity index (χ1) is 8.44. The van der Waals surface area contributed by atoms with Gasteiger partial charge in [0.25, 0.3) is 0 Å². The molecule has 0 saturated heterocycles. The summed E-state index contributed by atoms with van der Waals surface area (Å²) in [6, 6.07) is 6.92. The van der Waals surface area contributed by atoms with Crippen molar-refractivity contribution in [3.63, 3.8) is 0 Å². The Balaban J connectivity index is 2.95. The van der Waals surface area contributed by atoms with Gasteiger partial charge in [0.05, 0.1) is 6.42 Å². The highest BCUT2D eigenvalue weighted by Gasteiger charge is 2.25. The molecule has 1 aromatic rings. The molecule has 1 rings (SSSR count). The van der Waals surface area contributed by atoms with Crippen LogP contribution >= 0.6 is 0 Å². The highest BCUT2D eigenvalue weighted by molar-refractivity contribution is 5.74. The van der Waals surface area contributed by atoms with Crippen LogP contribution in [-0.4, -0.2) is 12.7 Å². The van der Waals surface area contributed by atoms with Crippen molar-refractivity contribution < 1.29 is 13.2 Å². The molecule has 1 aromatic carbocycles. The van der Waals surface area contributed by atoms with Crippen LogP contribution in [0.15, 0.2) is 30.3 Å². The molecule has 4 N–H and O–H groups in total. The van der Waals surface area contributed by atoms with Crippen molar-refractivity contribution in [3.8, 4) is 0 Å². The summed E-state index contributed by atoms with van der Waals surface area (Å²) in [5.41, 5.74) is 12.9. The van der Waals surface area contributed by atoms with Gasteiger partial charge in [-0.1, -0.05) is 24.3 Å². The molecule has 100 valence electrons. The number of nitrogen functional groups attached to an aromatic ring is 1. The minimum atomic E-state index is -4.20. The van der Waals surface area contributed by atoms with E-state index < -0.39 is 12.6 Å². The Morgan fingerprint density at radius 2 is 1.89 bits per heavy atom. The predicted octanol–water partition coefficient (Wildman–Crippen LogP) is 3.34. The van der Waals surface area contributed by atoms with Gasteiger partial charge in [0.15, 0.2) is 0 Å². The average Bonchev–Trinajstić information content (AvgIpc) is 2.29. The summed E-state index contributed by atoms with van der Waals surface area (Å²) in [5, 5.41) is 0. The Morgan fingerprint density at radius 3 is 2.44 bits per heavy atom. The molecule has 0 aliphatic carbocycles. The standard InChI is InChI=1S/C13H17F3N2/c14-13(15,16)8-7-10(4-3-9-17)11-5-1-2-6-12(11)18/h1-2,5-7H,3-4,8-9,17-18H2/b10-7+. The molecule has 0 unspecified atom stereocenters. The van der Waals surface area contributed by atoms with Crippen LogP contribution in [0.5, 0.6) is 0 Å². The molecular formula is C13H17F3N2. The number of rotatable bonds is 5. The summed E-state index contributed by atoms with van der Waals surface area (Å²) in [6.45, 7) is 0.441. The van der Waals surface area contributed by atoms with Crippen molar-refractivity contribution in [2.75, 3.05) is 12.3 Å². The van der Waals surface area contributed by atoms with Crippen molar-refractivity contribution >= 4 is 11.3 Å². The number of nitrogens with two attached hydrogens (primary N) is 2. The molecule has 0 radical (unpaired) electrons. The number of alkyl halides is 3. The Morgan fingerprint density at radius 1 is 1.22 bits per heavy atom. The summed E-state index contributed by atoms with van der Waals surface area (Å²) >= 11 is 0. The fraction of sp³-hybridized carbons (Fsp3) is 0.385. The number of allylic oxidation sites excluding steroid dienone is 2. The van der Waals surface area contributed by atoms with Gasteiger partial charge in [-0.3, -0.25) is 0 Å². The molecule has 0 aliphatic rings. The summed E-state index contributed by atoms with van der Waals surface area (Å²) in [5.74, 6) is 0. The monoisotopic (exact) mass is 258 g/mol. The lowest BCUT2D eigenvalue weighted by Gasteiger charge is -2.11. The molecule has 0 aromatic heterocycles. The molecule has 18 heavy (non-hydrogen) atoms. The lowest BCUT2D eigenvalue weighted by atomic mass is 9.98. The molecule has 0 spiro atoms. The SMILES string of the molecule is NCCC/C(=C\CC(F)(F)F)c1ccccc1N. The first kappa shape index (κ1) is 14.6.